The van der Waals surface area contributed by atoms with Crippen molar-refractivity contribution < 1.29 is 28.7 Å². The molecule has 2 N–H and O–H groups in total. The molecule has 0 aromatic heterocycles. The summed E-state index contributed by atoms with van der Waals surface area (Å²) in [7, 11) is -1.85. The van der Waals surface area contributed by atoms with E-state index in [1.54, 1.807) is 13.8 Å². The van der Waals surface area contributed by atoms with E-state index >= 15 is 0 Å². The van der Waals surface area contributed by atoms with Crippen molar-refractivity contribution in [2.24, 2.45) is 0 Å². The number of allylic oxidation sites excluding steroid dienone is 1. The molecule has 0 heterocycles. The summed E-state index contributed by atoms with van der Waals surface area (Å²) in [6.07, 6.45) is -0.0755. The van der Waals surface area contributed by atoms with Crippen LogP contribution in [0.25, 0.3) is 0 Å². The lowest BCUT2D eigenvalue weighted by atomic mass is 10.4. The predicted molar refractivity (Wildman–Crippen MR) is 64.4 cm³/mol. The summed E-state index contributed by atoms with van der Waals surface area (Å²) in [4.78, 5) is 22.6. The molecule has 0 aromatic rings. The van der Waals surface area contributed by atoms with E-state index in [4.69, 9.17) is 9.84 Å². The number of nitrogens with one attached hydrogen (secondary N) is 1. The van der Waals surface area contributed by atoms with Crippen LogP contribution in [0.3, 0.4) is 0 Å². The lowest BCUT2D eigenvalue weighted by Gasteiger charge is -2.07. The van der Waals surface area contributed by atoms with Gasteiger partial charge >= 0.3 is 19.9 Å². The van der Waals surface area contributed by atoms with Gasteiger partial charge in [-0.25, -0.2) is 9.59 Å². The van der Waals surface area contributed by atoms with E-state index in [-0.39, 0.29) is 25.1 Å². The minimum Gasteiger partial charge on any atom is -0.461 e. The van der Waals surface area contributed by atoms with Crippen LogP contribution < -0.4 is 5.32 Å². The van der Waals surface area contributed by atoms with E-state index in [0.29, 0.717) is 0 Å². The van der Waals surface area contributed by atoms with Crippen molar-refractivity contribution in [1.82, 2.24) is 5.32 Å². The summed E-state index contributed by atoms with van der Waals surface area (Å²) in [5.74, 6) is -0.744. The Balaban J connectivity index is 4.65. The fraction of sp³-hybridized carbons (Fsp3) is 0.600. The Bertz CT molecular complexity index is 341. The molecule has 1 unspecified atom stereocenters. The van der Waals surface area contributed by atoms with Crippen molar-refractivity contribution >= 4 is 19.9 Å². The van der Waals surface area contributed by atoms with Gasteiger partial charge in [-0.05, 0) is 19.9 Å². The minimum atomic E-state index is -1.85. The number of amides is 1. The Labute approximate surface area is 106 Å². The average Bonchev–Trinajstić information content (AvgIpc) is 2.34. The van der Waals surface area contributed by atoms with Gasteiger partial charge in [0.05, 0.1) is 13.2 Å². The first-order valence-corrected chi connectivity index (χ1v) is 7.02. The molecule has 0 saturated carbocycles. The standard InChI is InChI=1S/C10H16NO6P/c1-3-16-9(13)8(5-6-18(15)7-12)11-10(14)17-4-2/h5,12H,3-4,6-7H2,1-2H3/p+1/b8-5+. The molecule has 0 bridgehead atoms. The van der Waals surface area contributed by atoms with E-state index in [0.717, 1.165) is 0 Å². The van der Waals surface area contributed by atoms with Gasteiger partial charge in [-0.1, -0.05) is 4.57 Å². The molecule has 0 saturated heterocycles. The minimum absolute atomic E-state index is 0.0353. The SMILES string of the molecule is CCOC(=O)N/C(=C/C[P+](=O)CO)C(=O)OCC. The highest BCUT2D eigenvalue weighted by Crippen LogP contribution is 2.18. The quantitative estimate of drug-likeness (QED) is 0.408. The summed E-state index contributed by atoms with van der Waals surface area (Å²) >= 11 is 0. The molecule has 102 valence electrons. The van der Waals surface area contributed by atoms with Gasteiger partial charge in [0.15, 0.2) is 6.16 Å². The van der Waals surface area contributed by atoms with Gasteiger partial charge < -0.3 is 14.6 Å². The summed E-state index contributed by atoms with van der Waals surface area (Å²) in [6.45, 7) is 3.55. The van der Waals surface area contributed by atoms with Crippen LogP contribution in [0.5, 0.6) is 0 Å². The fourth-order valence-corrected chi connectivity index (χ4v) is 1.42. The van der Waals surface area contributed by atoms with Gasteiger partial charge in [0.1, 0.15) is 5.70 Å². The number of hydrogen-bond donors (Lipinski definition) is 2. The summed E-state index contributed by atoms with van der Waals surface area (Å²) in [5.41, 5.74) is -0.146. The second-order valence-electron chi connectivity index (χ2n) is 2.99. The van der Waals surface area contributed by atoms with Gasteiger partial charge in [-0.2, -0.15) is 0 Å². The molecule has 0 radical (unpaired) electrons. The first-order valence-electron chi connectivity index (χ1n) is 5.39. The molecule has 0 spiro atoms. The van der Waals surface area contributed by atoms with Crippen molar-refractivity contribution in [2.75, 3.05) is 25.7 Å². The number of esters is 1. The highest BCUT2D eigenvalue weighted by atomic mass is 31.1. The number of ether oxygens (including phenoxy) is 2. The molecular weight excluding hydrogens is 261 g/mol. The topological polar surface area (TPSA) is 102 Å². The van der Waals surface area contributed by atoms with Gasteiger partial charge in [-0.3, -0.25) is 5.32 Å². The predicted octanol–water partition coefficient (Wildman–Crippen LogP) is 0.957. The zero-order chi connectivity index (χ0) is 14.0. The van der Waals surface area contributed by atoms with E-state index in [1.807, 2.05) is 0 Å². The van der Waals surface area contributed by atoms with E-state index in [1.165, 1.54) is 6.08 Å². The molecule has 1 atom stereocenters. The van der Waals surface area contributed by atoms with E-state index in [9.17, 15) is 14.2 Å². The van der Waals surface area contributed by atoms with Crippen LogP contribution in [-0.2, 0) is 18.8 Å². The van der Waals surface area contributed by atoms with Crippen LogP contribution in [-0.4, -0.2) is 42.9 Å². The summed E-state index contributed by atoms with van der Waals surface area (Å²) in [6, 6.07) is 0. The Kier molecular flexibility index (Phi) is 8.78. The fourth-order valence-electron chi connectivity index (χ4n) is 0.922. The third kappa shape index (κ3) is 6.98. The van der Waals surface area contributed by atoms with Crippen LogP contribution in [0.4, 0.5) is 4.79 Å². The molecule has 0 aliphatic rings. The van der Waals surface area contributed by atoms with Crippen LogP contribution in [0.2, 0.25) is 0 Å². The number of carbonyl (C=O) groups excluding carboxylic acids is 2. The molecule has 0 rings (SSSR count). The second kappa shape index (κ2) is 9.56. The lowest BCUT2D eigenvalue weighted by molar-refractivity contribution is -0.138. The summed E-state index contributed by atoms with van der Waals surface area (Å²) in [5, 5.41) is 10.8. The maximum atomic E-state index is 11.5. The van der Waals surface area contributed by atoms with Gasteiger partial charge in [0, 0.05) is 0 Å². The monoisotopic (exact) mass is 278 g/mol. The Hall–Kier alpha value is -1.46. The highest BCUT2D eigenvalue weighted by Gasteiger charge is 2.18. The van der Waals surface area contributed by atoms with E-state index in [2.05, 4.69) is 10.1 Å². The number of aliphatic hydroxyl groups is 1. The maximum absolute atomic E-state index is 11.5. The highest BCUT2D eigenvalue weighted by molar-refractivity contribution is 7.44. The molecule has 7 nitrogen and oxygen atoms in total. The number of rotatable bonds is 7. The Morgan fingerprint density at radius 2 is 1.89 bits per heavy atom. The van der Waals surface area contributed by atoms with Crippen molar-refractivity contribution in [2.45, 2.75) is 13.8 Å². The maximum Gasteiger partial charge on any atom is 0.411 e. The lowest BCUT2D eigenvalue weighted by Crippen LogP contribution is -2.29. The van der Waals surface area contributed by atoms with Crippen LogP contribution >= 0.6 is 7.80 Å². The number of alkyl carbamates (subject to hydrolysis) is 1. The number of aliphatic hydroxyl groups excluding tert-OH is 1. The smallest absolute Gasteiger partial charge is 0.411 e. The third-order valence-electron chi connectivity index (χ3n) is 1.66. The van der Waals surface area contributed by atoms with Crippen LogP contribution in [0.15, 0.2) is 11.8 Å². The molecule has 0 aliphatic carbocycles. The normalized spacial score (nSPS) is 11.7. The van der Waals surface area contributed by atoms with Gasteiger partial charge in [0.2, 0.25) is 6.35 Å². The number of hydrogen-bond acceptors (Lipinski definition) is 6. The zero-order valence-electron chi connectivity index (χ0n) is 10.3. The Morgan fingerprint density at radius 3 is 2.39 bits per heavy atom. The second-order valence-corrected chi connectivity index (χ2v) is 4.60. The summed E-state index contributed by atoms with van der Waals surface area (Å²) < 4.78 is 20.4. The van der Waals surface area contributed by atoms with Crippen molar-refractivity contribution in [3.63, 3.8) is 0 Å². The van der Waals surface area contributed by atoms with E-state index < -0.39 is 26.2 Å². The Morgan fingerprint density at radius 1 is 1.28 bits per heavy atom. The van der Waals surface area contributed by atoms with Crippen LogP contribution in [0.1, 0.15) is 13.8 Å². The molecule has 1 amide bonds. The van der Waals surface area contributed by atoms with Crippen molar-refractivity contribution in [3.05, 3.63) is 11.8 Å². The van der Waals surface area contributed by atoms with Gasteiger partial charge in [-0.15, -0.1) is 0 Å². The first kappa shape index (κ1) is 16.5. The molecule has 18 heavy (non-hydrogen) atoms. The average molecular weight is 278 g/mol. The third-order valence-corrected chi connectivity index (χ3v) is 2.57. The molecular formula is C10H17NO6P+. The first-order chi connectivity index (χ1) is 8.54. The molecule has 0 aliphatic heterocycles. The molecule has 0 fully saturated rings. The van der Waals surface area contributed by atoms with Crippen molar-refractivity contribution in [3.8, 4) is 0 Å². The van der Waals surface area contributed by atoms with Crippen molar-refractivity contribution in [1.29, 1.82) is 0 Å². The molecule has 0 aromatic carbocycles. The number of carbonyl (C=O) groups is 2. The van der Waals surface area contributed by atoms with Crippen LogP contribution in [0, 0.1) is 0 Å². The largest absolute Gasteiger partial charge is 0.461 e. The van der Waals surface area contributed by atoms with Gasteiger partial charge in [0.25, 0.3) is 0 Å². The zero-order valence-corrected chi connectivity index (χ0v) is 11.2. The molecule has 8 heteroatoms.